The van der Waals surface area contributed by atoms with Gasteiger partial charge >= 0.3 is 0 Å². The lowest BCUT2D eigenvalue weighted by atomic mass is 9.98. The Kier molecular flexibility index (Phi) is 7.28. The summed E-state index contributed by atoms with van der Waals surface area (Å²) < 4.78 is 6.84. The van der Waals surface area contributed by atoms with E-state index in [-0.39, 0.29) is 0 Å². The predicted molar refractivity (Wildman–Crippen MR) is 234 cm³/mol. The quantitative estimate of drug-likeness (QED) is 0.165. The van der Waals surface area contributed by atoms with Gasteiger partial charge in [0.25, 0.3) is 0 Å². The maximum Gasteiger partial charge on any atom is 0.164 e. The molecule has 0 amide bonds. The Hall–Kier alpha value is -6.95. The van der Waals surface area contributed by atoms with Crippen molar-refractivity contribution in [1.82, 2.24) is 15.0 Å². The monoisotopic (exact) mass is 733 g/mol. The average molecular weight is 734 g/mol. The first kappa shape index (κ1) is 32.5. The number of hydrogen-bond donors (Lipinski definition) is 0. The molecule has 264 valence electrons. The SMILES string of the molecule is C[Si]1(C)c2ccccc2-c2c1cc(-c1nc(-c3ccc(-c4ccccc4)cc3)nc(-c3cccc(-c4ccc5ccccc5c4)c3)n1)c1c2oc2ccccc21. The van der Waals surface area contributed by atoms with E-state index in [1.807, 2.05) is 12.1 Å². The third kappa shape index (κ3) is 5.16. The van der Waals surface area contributed by atoms with Crippen LogP contribution in [0.3, 0.4) is 0 Å². The summed E-state index contributed by atoms with van der Waals surface area (Å²) in [4.78, 5) is 15.9. The molecule has 0 unspecified atom stereocenters. The van der Waals surface area contributed by atoms with Crippen molar-refractivity contribution in [1.29, 1.82) is 0 Å². The van der Waals surface area contributed by atoms with Crippen LogP contribution in [0.15, 0.2) is 180 Å². The molecule has 0 aliphatic carbocycles. The van der Waals surface area contributed by atoms with Gasteiger partial charge in [0.05, 0.1) is 0 Å². The highest BCUT2D eigenvalue weighted by molar-refractivity contribution is 7.04. The van der Waals surface area contributed by atoms with Gasteiger partial charge in [-0.05, 0) is 73.2 Å². The zero-order valence-electron chi connectivity index (χ0n) is 31.0. The number of hydrogen-bond acceptors (Lipinski definition) is 4. The maximum absolute atomic E-state index is 6.84. The summed E-state index contributed by atoms with van der Waals surface area (Å²) >= 11 is 0. The molecule has 0 saturated carbocycles. The van der Waals surface area contributed by atoms with Gasteiger partial charge in [-0.1, -0.05) is 165 Å². The maximum atomic E-state index is 6.84. The molecule has 4 nitrogen and oxygen atoms in total. The summed E-state index contributed by atoms with van der Waals surface area (Å²) in [5, 5.41) is 7.29. The van der Waals surface area contributed by atoms with Gasteiger partial charge in [0, 0.05) is 33.0 Å². The zero-order valence-corrected chi connectivity index (χ0v) is 32.0. The van der Waals surface area contributed by atoms with Crippen LogP contribution in [0, 0.1) is 0 Å². The third-order valence-electron chi connectivity index (χ3n) is 11.5. The van der Waals surface area contributed by atoms with Crippen molar-refractivity contribution in [3.63, 3.8) is 0 Å². The van der Waals surface area contributed by atoms with Crippen LogP contribution in [0.25, 0.3) is 100 Å². The molecule has 0 saturated heterocycles. The molecule has 0 atom stereocenters. The summed E-state index contributed by atoms with van der Waals surface area (Å²) in [6.45, 7) is 4.87. The van der Waals surface area contributed by atoms with Crippen LogP contribution in [-0.4, -0.2) is 23.0 Å². The van der Waals surface area contributed by atoms with Gasteiger partial charge in [-0.15, -0.1) is 0 Å². The lowest BCUT2D eigenvalue weighted by Gasteiger charge is -2.19. The molecule has 1 aliphatic rings. The van der Waals surface area contributed by atoms with Crippen LogP contribution in [0.2, 0.25) is 13.1 Å². The van der Waals surface area contributed by atoms with Crippen molar-refractivity contribution in [2.24, 2.45) is 0 Å². The summed E-state index contributed by atoms with van der Waals surface area (Å²) in [5.41, 5.74) is 11.6. The van der Waals surface area contributed by atoms with Crippen molar-refractivity contribution < 1.29 is 4.42 Å². The van der Waals surface area contributed by atoms with Crippen LogP contribution in [0.5, 0.6) is 0 Å². The second kappa shape index (κ2) is 12.6. The Bertz CT molecular complexity index is 3170. The topological polar surface area (TPSA) is 51.8 Å². The van der Waals surface area contributed by atoms with Crippen molar-refractivity contribution in [2.75, 3.05) is 0 Å². The zero-order chi connectivity index (χ0) is 37.4. The van der Waals surface area contributed by atoms with Gasteiger partial charge in [0.15, 0.2) is 17.5 Å². The highest BCUT2D eigenvalue weighted by Crippen LogP contribution is 2.43. The number of nitrogens with zero attached hydrogens (tertiary/aromatic N) is 3. The molecule has 0 fully saturated rings. The minimum absolute atomic E-state index is 0.626. The van der Waals surface area contributed by atoms with Crippen LogP contribution >= 0.6 is 0 Å². The Labute approximate surface area is 325 Å². The van der Waals surface area contributed by atoms with E-state index in [1.54, 1.807) is 0 Å². The third-order valence-corrected chi connectivity index (χ3v) is 15.0. The second-order valence-corrected chi connectivity index (χ2v) is 19.5. The van der Waals surface area contributed by atoms with Gasteiger partial charge in [-0.25, -0.2) is 15.0 Å². The highest BCUT2D eigenvalue weighted by Gasteiger charge is 2.40. The lowest BCUT2D eigenvalue weighted by molar-refractivity contribution is 0.670. The van der Waals surface area contributed by atoms with Crippen molar-refractivity contribution in [3.8, 4) is 67.5 Å². The first-order chi connectivity index (χ1) is 27.5. The molecular weight excluding hydrogens is 699 g/mol. The first-order valence-corrected chi connectivity index (χ1v) is 22.1. The number of rotatable bonds is 5. The van der Waals surface area contributed by atoms with Crippen molar-refractivity contribution in [2.45, 2.75) is 13.1 Å². The minimum atomic E-state index is -2.10. The normalized spacial score (nSPS) is 13.0. The summed E-state index contributed by atoms with van der Waals surface area (Å²) in [5.74, 6) is 1.89. The second-order valence-electron chi connectivity index (χ2n) is 15.2. The number of para-hydroxylation sites is 1. The van der Waals surface area contributed by atoms with Gasteiger partial charge in [-0.2, -0.15) is 0 Å². The number of aromatic nitrogens is 3. The fraction of sp³-hybridized carbons (Fsp3) is 0.0392. The van der Waals surface area contributed by atoms with Gasteiger partial charge < -0.3 is 4.42 Å². The molecule has 0 spiro atoms. The van der Waals surface area contributed by atoms with E-state index in [1.165, 1.54) is 37.8 Å². The molecule has 0 radical (unpaired) electrons. The summed E-state index contributed by atoms with van der Waals surface area (Å²) in [6, 6.07) is 62.2. The Balaban J connectivity index is 1.15. The van der Waals surface area contributed by atoms with Crippen LogP contribution in [0.4, 0.5) is 0 Å². The number of fused-ring (bicyclic) bond motifs is 8. The van der Waals surface area contributed by atoms with Gasteiger partial charge in [-0.3, -0.25) is 0 Å². The molecule has 11 rings (SSSR count). The Morgan fingerprint density at radius 2 is 1.02 bits per heavy atom. The fourth-order valence-corrected chi connectivity index (χ4v) is 11.7. The molecule has 0 N–H and O–H groups in total. The van der Waals surface area contributed by atoms with E-state index in [0.717, 1.165) is 55.3 Å². The first-order valence-electron chi connectivity index (χ1n) is 19.1. The molecule has 8 aromatic carbocycles. The smallest absolute Gasteiger partial charge is 0.164 e. The lowest BCUT2D eigenvalue weighted by Crippen LogP contribution is -2.49. The Morgan fingerprint density at radius 1 is 0.411 bits per heavy atom. The molecule has 56 heavy (non-hydrogen) atoms. The molecule has 1 aliphatic heterocycles. The van der Waals surface area contributed by atoms with E-state index >= 15 is 0 Å². The average Bonchev–Trinajstić information content (AvgIpc) is 3.76. The molecule has 2 aromatic heterocycles. The molecule has 5 heteroatoms. The van der Waals surface area contributed by atoms with Crippen molar-refractivity contribution in [3.05, 3.63) is 176 Å². The largest absolute Gasteiger partial charge is 0.455 e. The molecule has 0 bridgehead atoms. The standard InChI is InChI=1S/C51H35N3OSi/c1-56(2)44-22-11-9-20-41(44)47-45(56)31-42(46-40-19-8-10-21-43(40)55-48(46)47)51-53-49(35-26-23-34(24-27-35)32-13-4-3-5-14-32)52-50(54-51)39-18-12-17-37(30-39)38-28-25-33-15-6-7-16-36(33)29-38/h3-31H,1-2H3. The summed E-state index contributed by atoms with van der Waals surface area (Å²) in [6.07, 6.45) is 0. The number of furan rings is 1. The predicted octanol–water partition coefficient (Wildman–Crippen LogP) is 12.1. The Morgan fingerprint density at radius 3 is 1.88 bits per heavy atom. The molecular formula is C51H35N3OSi. The molecule has 10 aromatic rings. The van der Waals surface area contributed by atoms with E-state index in [2.05, 4.69) is 177 Å². The summed E-state index contributed by atoms with van der Waals surface area (Å²) in [7, 11) is -2.10. The van der Waals surface area contributed by atoms with Gasteiger partial charge in [0.1, 0.15) is 19.2 Å². The minimum Gasteiger partial charge on any atom is -0.455 e. The highest BCUT2D eigenvalue weighted by atomic mass is 28.3. The van der Waals surface area contributed by atoms with E-state index in [4.69, 9.17) is 19.4 Å². The van der Waals surface area contributed by atoms with Crippen molar-refractivity contribution >= 4 is 51.2 Å². The van der Waals surface area contributed by atoms with Crippen LogP contribution < -0.4 is 10.4 Å². The van der Waals surface area contributed by atoms with E-state index in [9.17, 15) is 0 Å². The van der Waals surface area contributed by atoms with Gasteiger partial charge in [0.2, 0.25) is 0 Å². The molecule has 3 heterocycles. The van der Waals surface area contributed by atoms with Crippen LogP contribution in [-0.2, 0) is 0 Å². The van der Waals surface area contributed by atoms with Crippen LogP contribution in [0.1, 0.15) is 0 Å². The van der Waals surface area contributed by atoms with E-state index in [0.29, 0.717) is 17.5 Å². The van der Waals surface area contributed by atoms with E-state index < -0.39 is 8.07 Å². The fourth-order valence-electron chi connectivity index (χ4n) is 8.63. The number of benzene rings is 8.